The minimum atomic E-state index is -2.82. The molecule has 0 saturated heterocycles. The molecule has 2 aliphatic rings. The van der Waals surface area contributed by atoms with Gasteiger partial charge >= 0.3 is 0 Å². The van der Waals surface area contributed by atoms with E-state index in [0.717, 1.165) is 25.2 Å². The van der Waals surface area contributed by atoms with E-state index in [2.05, 4.69) is 15.9 Å². The van der Waals surface area contributed by atoms with Crippen molar-refractivity contribution in [2.75, 3.05) is 6.26 Å². The van der Waals surface area contributed by atoms with Crippen molar-refractivity contribution >= 4 is 25.8 Å². The zero-order valence-corrected chi connectivity index (χ0v) is 12.3. The summed E-state index contributed by atoms with van der Waals surface area (Å²) >= 11 is 3.76. The first kappa shape index (κ1) is 12.9. The molecule has 0 N–H and O–H groups in total. The molecule has 4 unspecified atom stereocenters. The average Bonchev–Trinajstić information content (AvgIpc) is 2.63. The summed E-state index contributed by atoms with van der Waals surface area (Å²) in [4.78, 5) is 0.635. The molecule has 2 saturated carbocycles. The van der Waals surface area contributed by atoms with Gasteiger partial charge in [0.1, 0.15) is 9.84 Å². The van der Waals surface area contributed by atoms with E-state index >= 15 is 0 Å². The summed E-state index contributed by atoms with van der Waals surface area (Å²) in [5, 5.41) is -0.0634. The Balaban J connectivity index is 2.01. The van der Waals surface area contributed by atoms with E-state index in [0.29, 0.717) is 10.7 Å². The van der Waals surface area contributed by atoms with Gasteiger partial charge in [-0.25, -0.2) is 8.42 Å². The molecule has 0 aromatic heterocycles. The molecule has 2 rings (SSSR count). The Morgan fingerprint density at radius 2 is 1.75 bits per heavy atom. The first-order valence-electron chi connectivity index (χ1n) is 6.31. The van der Waals surface area contributed by atoms with Crippen molar-refractivity contribution in [3.05, 3.63) is 0 Å². The van der Waals surface area contributed by atoms with Gasteiger partial charge in [-0.1, -0.05) is 35.2 Å². The highest BCUT2D eigenvalue weighted by Gasteiger charge is 2.37. The van der Waals surface area contributed by atoms with Crippen molar-refractivity contribution in [2.24, 2.45) is 11.8 Å². The zero-order chi connectivity index (χ0) is 11.8. The molecule has 2 fully saturated rings. The molecule has 2 nitrogen and oxygen atoms in total. The molecular weight excluding hydrogens is 288 g/mol. The fraction of sp³-hybridized carbons (Fsp3) is 1.00. The SMILES string of the molecule is CS(=O)(=O)C1CCCC(C2CCCC2Br)C1. The predicted octanol–water partition coefficient (Wildman–Crippen LogP) is 3.15. The molecule has 0 radical (unpaired) electrons. The fourth-order valence-corrected chi connectivity index (χ4v) is 5.64. The zero-order valence-electron chi connectivity index (χ0n) is 9.86. The van der Waals surface area contributed by atoms with Crippen LogP contribution in [0.4, 0.5) is 0 Å². The normalized spacial score (nSPS) is 41.1. The standard InChI is InChI=1S/C12H21BrO2S/c1-16(14,15)10-5-2-4-9(8-10)11-6-3-7-12(11)13/h9-12H,2-8H2,1H3. The van der Waals surface area contributed by atoms with Gasteiger partial charge in [0.2, 0.25) is 0 Å². The smallest absolute Gasteiger partial charge is 0.150 e. The highest BCUT2D eigenvalue weighted by Crippen LogP contribution is 2.43. The first-order valence-corrected chi connectivity index (χ1v) is 9.18. The number of sulfone groups is 1. The predicted molar refractivity (Wildman–Crippen MR) is 70.6 cm³/mol. The maximum absolute atomic E-state index is 11.6. The summed E-state index contributed by atoms with van der Waals surface area (Å²) in [7, 11) is -2.82. The van der Waals surface area contributed by atoms with Crippen molar-refractivity contribution < 1.29 is 8.42 Å². The molecule has 0 spiro atoms. The maximum Gasteiger partial charge on any atom is 0.150 e. The van der Waals surface area contributed by atoms with E-state index in [4.69, 9.17) is 0 Å². The summed E-state index contributed by atoms with van der Waals surface area (Å²) in [6.45, 7) is 0. The second-order valence-electron chi connectivity index (χ2n) is 5.49. The quantitative estimate of drug-likeness (QED) is 0.734. The third-order valence-electron chi connectivity index (χ3n) is 4.36. The second-order valence-corrected chi connectivity index (χ2v) is 8.99. The molecule has 4 atom stereocenters. The summed E-state index contributed by atoms with van der Waals surface area (Å²) in [6.07, 6.45) is 9.39. The lowest BCUT2D eigenvalue weighted by molar-refractivity contribution is 0.259. The Kier molecular flexibility index (Phi) is 4.00. The Morgan fingerprint density at radius 1 is 1.06 bits per heavy atom. The van der Waals surface area contributed by atoms with E-state index in [1.54, 1.807) is 0 Å². The van der Waals surface area contributed by atoms with Gasteiger partial charge in [0.05, 0.1) is 5.25 Å². The Morgan fingerprint density at radius 3 is 2.31 bits per heavy atom. The van der Waals surface area contributed by atoms with Crippen LogP contribution >= 0.6 is 15.9 Å². The van der Waals surface area contributed by atoms with Crippen LogP contribution in [0.15, 0.2) is 0 Å². The van der Waals surface area contributed by atoms with Crippen LogP contribution in [0.2, 0.25) is 0 Å². The molecule has 94 valence electrons. The third kappa shape index (κ3) is 2.81. The summed E-state index contributed by atoms with van der Waals surface area (Å²) < 4.78 is 23.2. The number of alkyl halides is 1. The summed E-state index contributed by atoms with van der Waals surface area (Å²) in [5.41, 5.74) is 0. The van der Waals surface area contributed by atoms with E-state index in [1.165, 1.54) is 31.9 Å². The highest BCUT2D eigenvalue weighted by atomic mass is 79.9. The summed E-state index contributed by atoms with van der Waals surface area (Å²) in [5.74, 6) is 1.37. The third-order valence-corrected chi connectivity index (χ3v) is 7.14. The van der Waals surface area contributed by atoms with Crippen LogP contribution < -0.4 is 0 Å². The Bertz CT molecular complexity index is 339. The van der Waals surface area contributed by atoms with Crippen LogP contribution in [0.5, 0.6) is 0 Å². The monoisotopic (exact) mass is 308 g/mol. The topological polar surface area (TPSA) is 34.1 Å². The van der Waals surface area contributed by atoms with Crippen LogP contribution in [-0.4, -0.2) is 24.8 Å². The van der Waals surface area contributed by atoms with Crippen LogP contribution in [0.1, 0.15) is 44.9 Å². The van der Waals surface area contributed by atoms with E-state index < -0.39 is 9.84 Å². The van der Waals surface area contributed by atoms with E-state index in [1.807, 2.05) is 0 Å². The van der Waals surface area contributed by atoms with Gasteiger partial charge in [-0.2, -0.15) is 0 Å². The van der Waals surface area contributed by atoms with Gasteiger partial charge in [0, 0.05) is 11.1 Å². The van der Waals surface area contributed by atoms with Gasteiger partial charge in [-0.05, 0) is 37.5 Å². The molecule has 4 heteroatoms. The van der Waals surface area contributed by atoms with Gasteiger partial charge in [0.15, 0.2) is 0 Å². The molecule has 16 heavy (non-hydrogen) atoms. The van der Waals surface area contributed by atoms with Crippen LogP contribution in [-0.2, 0) is 9.84 Å². The fourth-order valence-electron chi connectivity index (χ4n) is 3.43. The lowest BCUT2D eigenvalue weighted by Gasteiger charge is -2.33. The molecule has 0 aromatic rings. The number of hydrogen-bond donors (Lipinski definition) is 0. The molecule has 0 amide bonds. The minimum absolute atomic E-state index is 0.0634. The van der Waals surface area contributed by atoms with Crippen molar-refractivity contribution in [2.45, 2.75) is 55.0 Å². The lowest BCUT2D eigenvalue weighted by atomic mass is 9.79. The first-order chi connectivity index (χ1) is 7.48. The molecule has 0 bridgehead atoms. The van der Waals surface area contributed by atoms with Gasteiger partial charge in [-0.15, -0.1) is 0 Å². The number of hydrogen-bond acceptors (Lipinski definition) is 2. The second kappa shape index (κ2) is 4.97. The van der Waals surface area contributed by atoms with Crippen LogP contribution in [0.3, 0.4) is 0 Å². The van der Waals surface area contributed by atoms with Crippen molar-refractivity contribution in [3.63, 3.8) is 0 Å². The molecule has 0 heterocycles. The maximum atomic E-state index is 11.6. The van der Waals surface area contributed by atoms with Gasteiger partial charge in [0.25, 0.3) is 0 Å². The van der Waals surface area contributed by atoms with Crippen LogP contribution in [0, 0.1) is 11.8 Å². The lowest BCUT2D eigenvalue weighted by Crippen LogP contribution is -2.32. The minimum Gasteiger partial charge on any atom is -0.229 e. The van der Waals surface area contributed by atoms with Crippen molar-refractivity contribution in [1.29, 1.82) is 0 Å². The molecule has 0 aromatic carbocycles. The van der Waals surface area contributed by atoms with Crippen molar-refractivity contribution in [1.82, 2.24) is 0 Å². The average molecular weight is 309 g/mol. The number of halogens is 1. The van der Waals surface area contributed by atoms with Crippen LogP contribution in [0.25, 0.3) is 0 Å². The Labute approximate surface area is 107 Å². The van der Waals surface area contributed by atoms with E-state index in [-0.39, 0.29) is 5.25 Å². The van der Waals surface area contributed by atoms with Gasteiger partial charge in [-0.3, -0.25) is 0 Å². The summed E-state index contributed by atoms with van der Waals surface area (Å²) in [6, 6.07) is 0. The van der Waals surface area contributed by atoms with Crippen molar-refractivity contribution in [3.8, 4) is 0 Å². The van der Waals surface area contributed by atoms with Gasteiger partial charge < -0.3 is 0 Å². The molecule has 0 aliphatic heterocycles. The van der Waals surface area contributed by atoms with E-state index in [9.17, 15) is 8.42 Å². The molecular formula is C12H21BrO2S. The molecule has 2 aliphatic carbocycles. The largest absolute Gasteiger partial charge is 0.229 e. The highest BCUT2D eigenvalue weighted by molar-refractivity contribution is 9.09. The Hall–Kier alpha value is 0.430. The number of rotatable bonds is 2.